The van der Waals surface area contributed by atoms with E-state index in [9.17, 15) is 0 Å². The summed E-state index contributed by atoms with van der Waals surface area (Å²) in [6, 6.07) is 55.4. The Morgan fingerprint density at radius 1 is 0.422 bits per heavy atom. The van der Waals surface area contributed by atoms with Gasteiger partial charge in [-0.1, -0.05) is 67.9 Å². The number of hydrogen-bond acceptors (Lipinski definition) is 4. The summed E-state index contributed by atoms with van der Waals surface area (Å²) < 4.78 is 0. The van der Waals surface area contributed by atoms with Crippen molar-refractivity contribution in [3.05, 3.63) is 163 Å². The van der Waals surface area contributed by atoms with Gasteiger partial charge in [-0.25, -0.2) is 0 Å². The Labute approximate surface area is 267 Å². The SMILES string of the molecule is Cc1ccc(Nc2ccc(N(CC(C)C)c3ccc(Nc4ccc(N(c5ccccc5)c5ccccc5)cc4)cc3)cc2)cc1. The first-order valence-corrected chi connectivity index (χ1v) is 15.6. The monoisotopic (exact) mass is 588 g/mol. The third-order valence-electron chi connectivity index (χ3n) is 7.69. The number of nitrogens with one attached hydrogen (secondary N) is 2. The van der Waals surface area contributed by atoms with Gasteiger partial charge in [0.1, 0.15) is 0 Å². The summed E-state index contributed by atoms with van der Waals surface area (Å²) in [5, 5.41) is 7.09. The molecule has 0 radical (unpaired) electrons. The molecule has 0 aliphatic heterocycles. The van der Waals surface area contributed by atoms with Crippen molar-refractivity contribution in [1.82, 2.24) is 0 Å². The average Bonchev–Trinajstić information content (AvgIpc) is 3.07. The molecule has 6 rings (SSSR count). The number of hydrogen-bond donors (Lipinski definition) is 2. The smallest absolute Gasteiger partial charge is 0.0463 e. The highest BCUT2D eigenvalue weighted by Crippen LogP contribution is 2.35. The molecule has 0 heterocycles. The lowest BCUT2D eigenvalue weighted by molar-refractivity contribution is 0.651. The Balaban J connectivity index is 1.16. The van der Waals surface area contributed by atoms with Gasteiger partial charge in [0.15, 0.2) is 0 Å². The average molecular weight is 589 g/mol. The van der Waals surface area contributed by atoms with Crippen LogP contribution in [0, 0.1) is 12.8 Å². The van der Waals surface area contributed by atoms with Crippen molar-refractivity contribution in [2.45, 2.75) is 20.8 Å². The van der Waals surface area contributed by atoms with Gasteiger partial charge in [-0.05, 0) is 122 Å². The first kappa shape index (κ1) is 29.6. The molecule has 0 aromatic heterocycles. The van der Waals surface area contributed by atoms with Gasteiger partial charge in [0.2, 0.25) is 0 Å². The van der Waals surface area contributed by atoms with E-state index in [2.05, 4.69) is 187 Å². The molecule has 4 nitrogen and oxygen atoms in total. The van der Waals surface area contributed by atoms with E-state index < -0.39 is 0 Å². The third-order valence-corrected chi connectivity index (χ3v) is 7.69. The Hall–Kier alpha value is -5.48. The molecule has 0 saturated heterocycles. The molecule has 0 saturated carbocycles. The fourth-order valence-electron chi connectivity index (χ4n) is 5.44. The lowest BCUT2D eigenvalue weighted by atomic mass is 10.1. The molecular formula is C41H40N4. The molecule has 0 aliphatic carbocycles. The van der Waals surface area contributed by atoms with Gasteiger partial charge in [0.25, 0.3) is 0 Å². The van der Waals surface area contributed by atoms with Crippen LogP contribution in [0.25, 0.3) is 0 Å². The van der Waals surface area contributed by atoms with E-state index in [0.717, 1.165) is 46.4 Å². The maximum absolute atomic E-state index is 3.59. The van der Waals surface area contributed by atoms with E-state index in [1.165, 1.54) is 16.9 Å². The molecule has 6 aromatic rings. The van der Waals surface area contributed by atoms with E-state index in [1.807, 2.05) is 12.1 Å². The summed E-state index contributed by atoms with van der Waals surface area (Å²) in [5.74, 6) is 0.512. The van der Waals surface area contributed by atoms with Crippen LogP contribution < -0.4 is 20.4 Å². The van der Waals surface area contributed by atoms with Crippen LogP contribution in [0.1, 0.15) is 19.4 Å². The van der Waals surface area contributed by atoms with Crippen molar-refractivity contribution in [3.63, 3.8) is 0 Å². The van der Waals surface area contributed by atoms with Crippen LogP contribution in [-0.4, -0.2) is 6.54 Å². The van der Waals surface area contributed by atoms with E-state index in [1.54, 1.807) is 0 Å². The number of rotatable bonds is 11. The lowest BCUT2D eigenvalue weighted by Crippen LogP contribution is -2.22. The molecular weight excluding hydrogens is 548 g/mol. The largest absolute Gasteiger partial charge is 0.356 e. The van der Waals surface area contributed by atoms with Crippen molar-refractivity contribution in [2.75, 3.05) is 27.0 Å². The van der Waals surface area contributed by atoms with Crippen LogP contribution in [0.3, 0.4) is 0 Å². The van der Waals surface area contributed by atoms with E-state index in [0.29, 0.717) is 5.92 Å². The summed E-state index contributed by atoms with van der Waals surface area (Å²) in [4.78, 5) is 4.66. The standard InChI is InChI=1S/C41H40N4/c1-31(2)30-44(37-24-18-34(19-25-37)42-33-16-14-32(3)15-17-33)38-26-20-35(21-27-38)43-36-22-28-41(29-23-36)45(39-10-6-4-7-11-39)40-12-8-5-9-13-40/h4-29,31,42-43H,30H2,1-3H3. The Morgan fingerprint density at radius 3 is 1.13 bits per heavy atom. The van der Waals surface area contributed by atoms with Gasteiger partial charge < -0.3 is 20.4 Å². The maximum atomic E-state index is 3.59. The number of benzene rings is 6. The Bertz CT molecular complexity index is 1720. The zero-order valence-electron chi connectivity index (χ0n) is 26.2. The van der Waals surface area contributed by atoms with Crippen LogP contribution in [-0.2, 0) is 0 Å². The second-order valence-electron chi connectivity index (χ2n) is 11.8. The fraction of sp³-hybridized carbons (Fsp3) is 0.122. The predicted molar refractivity (Wildman–Crippen MR) is 194 cm³/mol. The van der Waals surface area contributed by atoms with Crippen LogP contribution in [0.5, 0.6) is 0 Å². The van der Waals surface area contributed by atoms with Crippen molar-refractivity contribution < 1.29 is 0 Å². The summed E-state index contributed by atoms with van der Waals surface area (Å²) in [7, 11) is 0. The molecule has 0 bridgehead atoms. The van der Waals surface area contributed by atoms with E-state index in [4.69, 9.17) is 0 Å². The van der Waals surface area contributed by atoms with Crippen molar-refractivity contribution in [2.24, 2.45) is 5.92 Å². The second-order valence-corrected chi connectivity index (χ2v) is 11.8. The second kappa shape index (κ2) is 13.9. The molecule has 0 atom stereocenters. The van der Waals surface area contributed by atoms with Crippen molar-refractivity contribution in [1.29, 1.82) is 0 Å². The minimum Gasteiger partial charge on any atom is -0.356 e. The summed E-state index contributed by atoms with van der Waals surface area (Å²) in [5.41, 5.74) is 11.2. The molecule has 0 fully saturated rings. The first-order chi connectivity index (χ1) is 22.0. The number of anilines is 9. The minimum atomic E-state index is 0.512. The summed E-state index contributed by atoms with van der Waals surface area (Å²) in [6.45, 7) is 7.56. The third kappa shape index (κ3) is 7.54. The van der Waals surface area contributed by atoms with Gasteiger partial charge in [-0.3, -0.25) is 0 Å². The van der Waals surface area contributed by atoms with Crippen molar-refractivity contribution in [3.8, 4) is 0 Å². The molecule has 4 heteroatoms. The lowest BCUT2D eigenvalue weighted by Gasteiger charge is -2.27. The number of nitrogens with zero attached hydrogens (tertiary/aromatic N) is 2. The predicted octanol–water partition coefficient (Wildman–Crippen LogP) is 11.7. The first-order valence-electron chi connectivity index (χ1n) is 15.6. The zero-order chi connectivity index (χ0) is 31.0. The zero-order valence-corrected chi connectivity index (χ0v) is 26.2. The van der Waals surface area contributed by atoms with Gasteiger partial charge in [0, 0.05) is 57.7 Å². The van der Waals surface area contributed by atoms with Crippen LogP contribution in [0.4, 0.5) is 51.2 Å². The van der Waals surface area contributed by atoms with Gasteiger partial charge in [-0.15, -0.1) is 0 Å². The Morgan fingerprint density at radius 2 is 0.756 bits per heavy atom. The maximum Gasteiger partial charge on any atom is 0.0463 e. The van der Waals surface area contributed by atoms with Gasteiger partial charge in [-0.2, -0.15) is 0 Å². The van der Waals surface area contributed by atoms with Crippen LogP contribution in [0.15, 0.2) is 158 Å². The molecule has 2 N–H and O–H groups in total. The summed E-state index contributed by atoms with van der Waals surface area (Å²) >= 11 is 0. The fourth-order valence-corrected chi connectivity index (χ4v) is 5.44. The molecule has 6 aromatic carbocycles. The molecule has 0 amide bonds. The number of para-hydroxylation sites is 2. The summed E-state index contributed by atoms with van der Waals surface area (Å²) in [6.07, 6.45) is 0. The van der Waals surface area contributed by atoms with Gasteiger partial charge in [0.05, 0.1) is 0 Å². The van der Waals surface area contributed by atoms with Crippen molar-refractivity contribution >= 4 is 51.2 Å². The Kier molecular flexibility index (Phi) is 9.12. The highest BCUT2D eigenvalue weighted by Gasteiger charge is 2.13. The van der Waals surface area contributed by atoms with E-state index in [-0.39, 0.29) is 0 Å². The number of aryl methyl sites for hydroxylation is 1. The van der Waals surface area contributed by atoms with Gasteiger partial charge >= 0.3 is 0 Å². The van der Waals surface area contributed by atoms with Crippen LogP contribution >= 0.6 is 0 Å². The molecule has 0 spiro atoms. The quantitative estimate of drug-likeness (QED) is 0.158. The highest BCUT2D eigenvalue weighted by molar-refractivity contribution is 5.78. The normalized spacial score (nSPS) is 10.8. The molecule has 0 aliphatic rings. The highest BCUT2D eigenvalue weighted by atomic mass is 15.1. The molecule has 0 unspecified atom stereocenters. The van der Waals surface area contributed by atoms with Crippen LogP contribution in [0.2, 0.25) is 0 Å². The molecule has 45 heavy (non-hydrogen) atoms. The minimum absolute atomic E-state index is 0.512. The molecule has 224 valence electrons. The topological polar surface area (TPSA) is 30.5 Å². The van der Waals surface area contributed by atoms with E-state index >= 15 is 0 Å².